The maximum atomic E-state index is 12.0. The van der Waals surface area contributed by atoms with E-state index >= 15 is 0 Å². The fourth-order valence-electron chi connectivity index (χ4n) is 2.24. The van der Waals surface area contributed by atoms with E-state index in [1.54, 1.807) is 12.1 Å². The van der Waals surface area contributed by atoms with E-state index in [-0.39, 0.29) is 5.75 Å². The van der Waals surface area contributed by atoms with Gasteiger partial charge in [0.1, 0.15) is 5.75 Å². The lowest BCUT2D eigenvalue weighted by Crippen LogP contribution is -2.33. The zero-order valence-electron chi connectivity index (χ0n) is 13.3. The highest BCUT2D eigenvalue weighted by atomic mass is 32.2. The van der Waals surface area contributed by atoms with Crippen LogP contribution >= 0.6 is 0 Å². The van der Waals surface area contributed by atoms with Crippen LogP contribution in [0, 0.1) is 5.92 Å². The monoisotopic (exact) mass is 400 g/mol. The molecule has 0 aromatic heterocycles. The molecule has 10 heteroatoms. The Kier molecular flexibility index (Phi) is 6.13. The molecule has 2 rings (SSSR count). The van der Waals surface area contributed by atoms with Gasteiger partial charge < -0.3 is 4.74 Å². The van der Waals surface area contributed by atoms with Crippen LogP contribution in [0.3, 0.4) is 0 Å². The Balaban J connectivity index is 2.15. The van der Waals surface area contributed by atoms with Gasteiger partial charge in [-0.3, -0.25) is 13.9 Å². The summed E-state index contributed by atoms with van der Waals surface area (Å²) in [4.78, 5) is 12.0. The quantitative estimate of drug-likeness (QED) is 0.407. The van der Waals surface area contributed by atoms with E-state index in [1.165, 1.54) is 12.1 Å². The predicted molar refractivity (Wildman–Crippen MR) is 93.8 cm³/mol. The minimum absolute atomic E-state index is 0.0605. The number of hydrogen-bond donors (Lipinski definition) is 2. The molecule has 0 aliphatic rings. The van der Waals surface area contributed by atoms with E-state index in [1.807, 2.05) is 30.3 Å². The van der Waals surface area contributed by atoms with Gasteiger partial charge in [0.25, 0.3) is 20.2 Å². The van der Waals surface area contributed by atoms with Crippen molar-refractivity contribution in [3.63, 3.8) is 0 Å². The topological polar surface area (TPSA) is 135 Å². The molecule has 0 saturated carbocycles. The first-order valence-electron chi connectivity index (χ1n) is 7.31. The van der Waals surface area contributed by atoms with Crippen LogP contribution in [0.4, 0.5) is 0 Å². The molecule has 0 amide bonds. The van der Waals surface area contributed by atoms with Gasteiger partial charge in [-0.1, -0.05) is 42.5 Å². The summed E-state index contributed by atoms with van der Waals surface area (Å²) < 4.78 is 66.5. The van der Waals surface area contributed by atoms with E-state index in [9.17, 15) is 21.6 Å². The third-order valence-electron chi connectivity index (χ3n) is 3.34. The molecule has 0 radical (unpaired) electrons. The van der Waals surface area contributed by atoms with Crippen molar-refractivity contribution in [1.29, 1.82) is 0 Å². The lowest BCUT2D eigenvalue weighted by molar-refractivity contribution is -0.137. The predicted octanol–water partition coefficient (Wildman–Crippen LogP) is 1.65. The Morgan fingerprint density at radius 3 is 1.73 bits per heavy atom. The molecule has 0 unspecified atom stereocenters. The van der Waals surface area contributed by atoms with Gasteiger partial charge in [-0.25, -0.2) is 0 Å². The fraction of sp³-hybridized carbons (Fsp3) is 0.188. The lowest BCUT2D eigenvalue weighted by atomic mass is 10.1. The third-order valence-corrected chi connectivity index (χ3v) is 4.98. The number of carbonyl (C=O) groups excluding carboxylic acids is 1. The van der Waals surface area contributed by atoms with Crippen LogP contribution in [-0.2, 0) is 25.0 Å². The van der Waals surface area contributed by atoms with E-state index in [2.05, 4.69) is 0 Å². The van der Waals surface area contributed by atoms with Crippen LogP contribution in [0.1, 0.15) is 0 Å². The molecular weight excluding hydrogens is 384 g/mol. The molecule has 2 aromatic rings. The van der Waals surface area contributed by atoms with Gasteiger partial charge >= 0.3 is 5.97 Å². The molecule has 8 nitrogen and oxygen atoms in total. The first-order chi connectivity index (χ1) is 12.0. The molecule has 0 spiro atoms. The molecule has 0 aliphatic carbocycles. The number of benzene rings is 2. The van der Waals surface area contributed by atoms with Crippen LogP contribution in [0.5, 0.6) is 5.75 Å². The summed E-state index contributed by atoms with van der Waals surface area (Å²) >= 11 is 0. The Hall–Kier alpha value is -2.27. The lowest BCUT2D eigenvalue weighted by Gasteiger charge is -2.13. The molecule has 140 valence electrons. The number of rotatable bonds is 7. The number of ether oxygens (including phenoxy) is 1. The second-order valence-corrected chi connectivity index (χ2v) is 8.50. The Labute approximate surface area is 150 Å². The molecule has 0 atom stereocenters. The van der Waals surface area contributed by atoms with Gasteiger partial charge in [0, 0.05) is 0 Å². The van der Waals surface area contributed by atoms with Crippen molar-refractivity contribution in [2.75, 3.05) is 11.5 Å². The van der Waals surface area contributed by atoms with Crippen molar-refractivity contribution in [3.05, 3.63) is 54.6 Å². The molecule has 0 heterocycles. The van der Waals surface area contributed by atoms with Crippen molar-refractivity contribution in [3.8, 4) is 16.9 Å². The maximum Gasteiger partial charge on any atom is 0.316 e. The van der Waals surface area contributed by atoms with Crippen LogP contribution in [0.2, 0.25) is 0 Å². The Morgan fingerprint density at radius 1 is 0.808 bits per heavy atom. The van der Waals surface area contributed by atoms with Gasteiger partial charge in [-0.2, -0.15) is 16.8 Å². The molecule has 0 saturated heterocycles. The maximum absolute atomic E-state index is 12.0. The molecule has 2 N–H and O–H groups in total. The molecule has 26 heavy (non-hydrogen) atoms. The molecular formula is C16H16O8S2. The average Bonchev–Trinajstić information content (AvgIpc) is 2.53. The minimum atomic E-state index is -4.65. The van der Waals surface area contributed by atoms with Gasteiger partial charge in [0.2, 0.25) is 0 Å². The summed E-state index contributed by atoms with van der Waals surface area (Å²) in [5.41, 5.74) is 1.78. The summed E-state index contributed by atoms with van der Waals surface area (Å²) in [5.74, 6) is -5.28. The highest BCUT2D eigenvalue weighted by molar-refractivity contribution is 7.86. The average molecular weight is 400 g/mol. The van der Waals surface area contributed by atoms with Crippen molar-refractivity contribution in [2.45, 2.75) is 0 Å². The molecule has 2 aromatic carbocycles. The largest absolute Gasteiger partial charge is 0.426 e. The normalized spacial score (nSPS) is 12.1. The second kappa shape index (κ2) is 7.96. The number of hydrogen-bond acceptors (Lipinski definition) is 6. The first kappa shape index (κ1) is 20.0. The molecule has 0 aliphatic heterocycles. The highest BCUT2D eigenvalue weighted by Gasteiger charge is 2.30. The SMILES string of the molecule is O=C(Oc1ccc(-c2ccccc2)cc1)C(CS(=O)(=O)O)CS(=O)(=O)O. The smallest absolute Gasteiger partial charge is 0.316 e. The summed E-state index contributed by atoms with van der Waals surface area (Å²) in [6.07, 6.45) is 0. The van der Waals surface area contributed by atoms with Crippen LogP contribution in [0.15, 0.2) is 54.6 Å². The zero-order valence-corrected chi connectivity index (χ0v) is 15.0. The number of carbonyl (C=O) groups is 1. The fourth-order valence-corrected chi connectivity index (χ4v) is 3.91. The van der Waals surface area contributed by atoms with Crippen molar-refractivity contribution >= 4 is 26.2 Å². The van der Waals surface area contributed by atoms with Crippen LogP contribution in [-0.4, -0.2) is 43.4 Å². The Bertz CT molecular complexity index is 931. The molecule has 0 bridgehead atoms. The van der Waals surface area contributed by atoms with E-state index < -0.39 is 43.6 Å². The summed E-state index contributed by atoms with van der Waals surface area (Å²) in [6, 6.07) is 15.6. The van der Waals surface area contributed by atoms with Gasteiger partial charge in [0.15, 0.2) is 0 Å². The minimum Gasteiger partial charge on any atom is -0.426 e. The van der Waals surface area contributed by atoms with Crippen LogP contribution < -0.4 is 4.74 Å². The first-order valence-corrected chi connectivity index (χ1v) is 10.5. The summed E-state index contributed by atoms with van der Waals surface area (Å²) in [7, 11) is -9.30. The van der Waals surface area contributed by atoms with E-state index in [0.29, 0.717) is 0 Å². The zero-order chi connectivity index (χ0) is 19.4. The van der Waals surface area contributed by atoms with Gasteiger partial charge in [0.05, 0.1) is 17.4 Å². The standard InChI is InChI=1S/C16H16O8S2/c17-16(14(10-25(18,19)20)11-26(21,22)23)24-15-8-6-13(7-9-15)12-4-2-1-3-5-12/h1-9,14H,10-11H2,(H,18,19,20)(H,21,22,23). The third kappa shape index (κ3) is 6.56. The van der Waals surface area contributed by atoms with Gasteiger partial charge in [-0.05, 0) is 23.3 Å². The van der Waals surface area contributed by atoms with E-state index in [0.717, 1.165) is 11.1 Å². The van der Waals surface area contributed by atoms with Crippen molar-refractivity contribution in [2.24, 2.45) is 5.92 Å². The Morgan fingerprint density at radius 2 is 1.27 bits per heavy atom. The second-order valence-electron chi connectivity index (χ2n) is 5.51. The van der Waals surface area contributed by atoms with Crippen LogP contribution in [0.25, 0.3) is 11.1 Å². The van der Waals surface area contributed by atoms with E-state index in [4.69, 9.17) is 13.8 Å². The number of esters is 1. The van der Waals surface area contributed by atoms with Gasteiger partial charge in [-0.15, -0.1) is 0 Å². The summed E-state index contributed by atoms with van der Waals surface area (Å²) in [5, 5.41) is 0. The summed E-state index contributed by atoms with van der Waals surface area (Å²) in [6.45, 7) is 0. The van der Waals surface area contributed by atoms with Crippen molar-refractivity contribution in [1.82, 2.24) is 0 Å². The molecule has 0 fully saturated rings. The van der Waals surface area contributed by atoms with Crippen molar-refractivity contribution < 1.29 is 35.5 Å². The highest BCUT2D eigenvalue weighted by Crippen LogP contribution is 2.22.